The monoisotopic (exact) mass is 278 g/mol. The fourth-order valence-electron chi connectivity index (χ4n) is 3.46. The zero-order valence-corrected chi connectivity index (χ0v) is 13.1. The van der Waals surface area contributed by atoms with Crippen LogP contribution in [0.5, 0.6) is 0 Å². The lowest BCUT2D eigenvalue weighted by molar-refractivity contribution is 0.0408. The van der Waals surface area contributed by atoms with Crippen molar-refractivity contribution in [1.82, 2.24) is 14.7 Å². The van der Waals surface area contributed by atoms with E-state index in [9.17, 15) is 0 Å². The van der Waals surface area contributed by atoms with E-state index in [-0.39, 0.29) is 5.54 Å². The van der Waals surface area contributed by atoms with Crippen LogP contribution in [0.1, 0.15) is 46.0 Å². The van der Waals surface area contributed by atoms with Gasteiger partial charge in [-0.15, -0.1) is 0 Å². The summed E-state index contributed by atoms with van der Waals surface area (Å²) < 4.78 is 2.03. The zero-order valence-electron chi connectivity index (χ0n) is 13.1. The zero-order chi connectivity index (χ0) is 14.4. The second kappa shape index (κ2) is 7.23. The molecule has 4 heteroatoms. The molecule has 114 valence electrons. The molecule has 0 radical (unpaired) electrons. The van der Waals surface area contributed by atoms with Crippen molar-refractivity contribution in [3.05, 3.63) is 18.5 Å². The van der Waals surface area contributed by atoms with Gasteiger partial charge in [-0.3, -0.25) is 9.58 Å². The highest BCUT2D eigenvalue weighted by atomic mass is 15.3. The molecule has 2 rings (SSSR count). The van der Waals surface area contributed by atoms with E-state index < -0.39 is 0 Å². The number of rotatable bonds is 7. The van der Waals surface area contributed by atoms with Crippen LogP contribution in [0.25, 0.3) is 0 Å². The molecule has 1 saturated carbocycles. The lowest BCUT2D eigenvalue weighted by Gasteiger charge is -2.47. The maximum absolute atomic E-state index is 6.20. The standard InChI is InChI=1S/C16H30N4/c1-3-10-19(12-13-20-11-4-9-18-20)16(14-17)7-5-15(2)6-8-16/h4,9,11,15H,3,5-8,10,12-14,17H2,1-2H3. The number of aromatic nitrogens is 2. The van der Waals surface area contributed by atoms with Gasteiger partial charge in [-0.25, -0.2) is 0 Å². The van der Waals surface area contributed by atoms with Crippen molar-refractivity contribution in [2.24, 2.45) is 11.7 Å². The predicted octanol–water partition coefficient (Wildman–Crippen LogP) is 2.50. The molecule has 1 heterocycles. The largest absolute Gasteiger partial charge is 0.329 e. The van der Waals surface area contributed by atoms with Crippen LogP contribution in [-0.4, -0.2) is 39.9 Å². The number of nitrogens with zero attached hydrogens (tertiary/aromatic N) is 3. The van der Waals surface area contributed by atoms with Gasteiger partial charge in [0.1, 0.15) is 0 Å². The van der Waals surface area contributed by atoms with E-state index in [2.05, 4.69) is 23.8 Å². The Kier molecular flexibility index (Phi) is 5.61. The third-order valence-electron chi connectivity index (χ3n) is 4.91. The molecule has 1 fully saturated rings. The van der Waals surface area contributed by atoms with Crippen LogP contribution in [0, 0.1) is 5.92 Å². The smallest absolute Gasteiger partial charge is 0.0536 e. The van der Waals surface area contributed by atoms with Gasteiger partial charge in [-0.1, -0.05) is 13.8 Å². The Morgan fingerprint density at radius 1 is 1.35 bits per heavy atom. The molecule has 1 aromatic rings. The number of nitrogens with two attached hydrogens (primary N) is 1. The lowest BCUT2D eigenvalue weighted by atomic mass is 9.76. The van der Waals surface area contributed by atoms with E-state index >= 15 is 0 Å². The summed E-state index contributed by atoms with van der Waals surface area (Å²) in [7, 11) is 0. The Morgan fingerprint density at radius 2 is 2.10 bits per heavy atom. The molecule has 0 aromatic carbocycles. The highest BCUT2D eigenvalue weighted by Crippen LogP contribution is 2.35. The Labute approximate surface area is 123 Å². The molecule has 0 spiro atoms. The molecule has 0 bridgehead atoms. The molecule has 1 aromatic heterocycles. The molecule has 0 unspecified atom stereocenters. The van der Waals surface area contributed by atoms with E-state index in [1.54, 1.807) is 0 Å². The Morgan fingerprint density at radius 3 is 2.65 bits per heavy atom. The van der Waals surface area contributed by atoms with Crippen molar-refractivity contribution in [3.8, 4) is 0 Å². The summed E-state index contributed by atoms with van der Waals surface area (Å²) >= 11 is 0. The summed E-state index contributed by atoms with van der Waals surface area (Å²) in [6, 6.07) is 1.99. The summed E-state index contributed by atoms with van der Waals surface area (Å²) in [6.45, 7) is 8.59. The Balaban J connectivity index is 2.01. The van der Waals surface area contributed by atoms with Gasteiger partial charge in [-0.05, 0) is 50.6 Å². The van der Waals surface area contributed by atoms with Crippen LogP contribution in [0.2, 0.25) is 0 Å². The molecule has 1 aliphatic carbocycles. The predicted molar refractivity (Wildman–Crippen MR) is 83.5 cm³/mol. The third kappa shape index (κ3) is 3.61. The maximum Gasteiger partial charge on any atom is 0.0536 e. The summed E-state index contributed by atoms with van der Waals surface area (Å²) in [5, 5.41) is 4.31. The molecular weight excluding hydrogens is 248 g/mol. The fraction of sp³-hybridized carbons (Fsp3) is 0.812. The molecular formula is C16H30N4. The first-order valence-electron chi connectivity index (χ1n) is 8.13. The van der Waals surface area contributed by atoms with E-state index in [0.29, 0.717) is 0 Å². The molecule has 1 aliphatic rings. The van der Waals surface area contributed by atoms with Crippen LogP contribution in [0.3, 0.4) is 0 Å². The van der Waals surface area contributed by atoms with E-state index in [1.165, 1.54) is 32.1 Å². The van der Waals surface area contributed by atoms with Crippen molar-refractivity contribution in [1.29, 1.82) is 0 Å². The highest BCUT2D eigenvalue weighted by Gasteiger charge is 2.37. The van der Waals surface area contributed by atoms with Gasteiger partial charge in [-0.2, -0.15) is 5.10 Å². The van der Waals surface area contributed by atoms with Gasteiger partial charge in [0.2, 0.25) is 0 Å². The van der Waals surface area contributed by atoms with Crippen LogP contribution in [0.15, 0.2) is 18.5 Å². The van der Waals surface area contributed by atoms with Crippen molar-refractivity contribution in [2.45, 2.75) is 58.0 Å². The highest BCUT2D eigenvalue weighted by molar-refractivity contribution is 4.95. The SMILES string of the molecule is CCCN(CCn1cccn1)C1(CN)CCC(C)CC1. The van der Waals surface area contributed by atoms with E-state index in [1.807, 2.05) is 23.1 Å². The van der Waals surface area contributed by atoms with Gasteiger partial charge in [0.25, 0.3) is 0 Å². The minimum absolute atomic E-state index is 0.232. The summed E-state index contributed by atoms with van der Waals surface area (Å²) in [4.78, 5) is 2.64. The van der Waals surface area contributed by atoms with Crippen molar-refractivity contribution < 1.29 is 0 Å². The van der Waals surface area contributed by atoms with Gasteiger partial charge < -0.3 is 5.73 Å². The van der Waals surface area contributed by atoms with E-state index in [0.717, 1.165) is 32.1 Å². The normalized spacial score (nSPS) is 27.1. The second-order valence-corrected chi connectivity index (χ2v) is 6.37. The maximum atomic E-state index is 6.20. The summed E-state index contributed by atoms with van der Waals surface area (Å²) in [6.07, 6.45) is 10.2. The molecule has 4 nitrogen and oxygen atoms in total. The number of hydrogen-bond acceptors (Lipinski definition) is 3. The summed E-state index contributed by atoms with van der Waals surface area (Å²) in [5.41, 5.74) is 6.43. The lowest BCUT2D eigenvalue weighted by Crippen LogP contribution is -2.56. The van der Waals surface area contributed by atoms with Crippen molar-refractivity contribution in [3.63, 3.8) is 0 Å². The van der Waals surface area contributed by atoms with Gasteiger partial charge in [0, 0.05) is 31.0 Å². The number of hydrogen-bond donors (Lipinski definition) is 1. The minimum atomic E-state index is 0.232. The fourth-order valence-corrected chi connectivity index (χ4v) is 3.46. The van der Waals surface area contributed by atoms with Crippen molar-refractivity contribution >= 4 is 0 Å². The third-order valence-corrected chi connectivity index (χ3v) is 4.91. The van der Waals surface area contributed by atoms with Gasteiger partial charge in [0.15, 0.2) is 0 Å². The molecule has 0 saturated heterocycles. The Bertz CT molecular complexity index is 366. The first-order chi connectivity index (χ1) is 9.70. The van der Waals surface area contributed by atoms with E-state index in [4.69, 9.17) is 5.73 Å². The molecule has 0 aliphatic heterocycles. The van der Waals surface area contributed by atoms with Crippen LogP contribution >= 0.6 is 0 Å². The van der Waals surface area contributed by atoms with Crippen LogP contribution in [-0.2, 0) is 6.54 Å². The average Bonchev–Trinajstić information content (AvgIpc) is 2.98. The molecule has 0 amide bonds. The first kappa shape index (κ1) is 15.5. The first-order valence-corrected chi connectivity index (χ1v) is 8.13. The topological polar surface area (TPSA) is 47.1 Å². The summed E-state index contributed by atoms with van der Waals surface area (Å²) in [5.74, 6) is 0.865. The van der Waals surface area contributed by atoms with Gasteiger partial charge in [0.05, 0.1) is 6.54 Å². The van der Waals surface area contributed by atoms with Crippen molar-refractivity contribution in [2.75, 3.05) is 19.6 Å². The minimum Gasteiger partial charge on any atom is -0.329 e. The second-order valence-electron chi connectivity index (χ2n) is 6.37. The molecule has 2 N–H and O–H groups in total. The molecule has 20 heavy (non-hydrogen) atoms. The Hall–Kier alpha value is -0.870. The average molecular weight is 278 g/mol. The van der Waals surface area contributed by atoms with Crippen LogP contribution < -0.4 is 5.73 Å². The van der Waals surface area contributed by atoms with Crippen LogP contribution in [0.4, 0.5) is 0 Å². The quantitative estimate of drug-likeness (QED) is 0.833. The van der Waals surface area contributed by atoms with Gasteiger partial charge >= 0.3 is 0 Å². The molecule has 0 atom stereocenters.